The highest BCUT2D eigenvalue weighted by molar-refractivity contribution is 4.90. The van der Waals surface area contributed by atoms with Crippen LogP contribution in [-0.4, -0.2) is 15.0 Å². The second kappa shape index (κ2) is 1.54. The zero-order valence-electron chi connectivity index (χ0n) is 4.72. The summed E-state index contributed by atoms with van der Waals surface area (Å²) in [6.45, 7) is 1.62. The van der Waals surface area contributed by atoms with Gasteiger partial charge in [-0.15, -0.1) is 0 Å². The van der Waals surface area contributed by atoms with Crippen molar-refractivity contribution in [1.29, 1.82) is 0 Å². The predicted octanol–water partition coefficient (Wildman–Crippen LogP) is 0.263. The maximum Gasteiger partial charge on any atom is 0.255 e. The number of hydrogen-bond donors (Lipinski definition) is 0. The van der Waals surface area contributed by atoms with E-state index in [0.29, 0.717) is 5.69 Å². The quantitative estimate of drug-likeness (QED) is 0.485. The van der Waals surface area contributed by atoms with Crippen molar-refractivity contribution in [3.63, 3.8) is 0 Å². The lowest BCUT2D eigenvalue weighted by molar-refractivity contribution is 0.572. The van der Waals surface area contributed by atoms with E-state index in [2.05, 4.69) is 10.3 Å². The van der Waals surface area contributed by atoms with E-state index in [1.165, 1.54) is 4.68 Å². The van der Waals surface area contributed by atoms with E-state index in [4.69, 9.17) is 0 Å². The highest BCUT2D eigenvalue weighted by atomic mass is 19.1. The second-order valence-electron chi connectivity index (χ2n) is 1.59. The van der Waals surface area contributed by atoms with Gasteiger partial charge in [-0.2, -0.15) is 4.39 Å². The molecular weight excluding hydrogens is 109 g/mol. The van der Waals surface area contributed by atoms with Crippen molar-refractivity contribution in [3.05, 3.63) is 11.6 Å². The first-order valence-corrected chi connectivity index (χ1v) is 2.23. The molecule has 3 nitrogen and oxygen atoms in total. The first-order chi connectivity index (χ1) is 3.72. The van der Waals surface area contributed by atoms with Crippen LogP contribution in [-0.2, 0) is 7.05 Å². The maximum atomic E-state index is 12.1. The number of rotatable bonds is 0. The van der Waals surface area contributed by atoms with Crippen LogP contribution in [0.15, 0.2) is 0 Å². The summed E-state index contributed by atoms with van der Waals surface area (Å²) in [7, 11) is 1.64. The smallest absolute Gasteiger partial charge is 0.250 e. The average Bonchev–Trinajstić information content (AvgIpc) is 1.98. The Labute approximate surface area is 46.1 Å². The van der Waals surface area contributed by atoms with Crippen LogP contribution in [0.4, 0.5) is 4.39 Å². The van der Waals surface area contributed by atoms with E-state index in [1.807, 2.05) is 0 Å². The van der Waals surface area contributed by atoms with Crippen LogP contribution < -0.4 is 0 Å². The Morgan fingerprint density at radius 2 is 2.25 bits per heavy atom. The molecule has 4 heteroatoms. The SMILES string of the molecule is Cc1c(F)nnn1C. The molecule has 1 aromatic heterocycles. The summed E-state index contributed by atoms with van der Waals surface area (Å²) in [6, 6.07) is 0. The molecule has 0 unspecified atom stereocenters. The van der Waals surface area contributed by atoms with Crippen LogP contribution in [0.1, 0.15) is 5.69 Å². The molecule has 44 valence electrons. The Balaban J connectivity index is 3.19. The van der Waals surface area contributed by atoms with E-state index >= 15 is 0 Å². The summed E-state index contributed by atoms with van der Waals surface area (Å²) in [6.07, 6.45) is 0. The summed E-state index contributed by atoms with van der Waals surface area (Å²) in [4.78, 5) is 0. The molecule has 8 heavy (non-hydrogen) atoms. The third-order valence-corrected chi connectivity index (χ3v) is 1.05. The molecule has 0 bridgehead atoms. The van der Waals surface area contributed by atoms with Crippen molar-refractivity contribution in [2.45, 2.75) is 6.92 Å². The second-order valence-corrected chi connectivity index (χ2v) is 1.59. The van der Waals surface area contributed by atoms with Crippen LogP contribution in [0.2, 0.25) is 0 Å². The van der Waals surface area contributed by atoms with Gasteiger partial charge in [0.15, 0.2) is 0 Å². The standard InChI is InChI=1S/C4H6FN3/c1-3-4(5)6-7-8(3)2/h1-2H3. The molecule has 0 spiro atoms. The van der Waals surface area contributed by atoms with Crippen molar-refractivity contribution in [1.82, 2.24) is 15.0 Å². The monoisotopic (exact) mass is 115 g/mol. The van der Waals surface area contributed by atoms with Gasteiger partial charge in [-0.05, 0) is 6.92 Å². The minimum Gasteiger partial charge on any atom is -0.250 e. The molecule has 0 aliphatic rings. The third kappa shape index (κ3) is 0.576. The molecular formula is C4H6FN3. The molecule has 1 heterocycles. The summed E-state index contributed by atoms with van der Waals surface area (Å²) in [5.74, 6) is -0.493. The van der Waals surface area contributed by atoms with Crippen molar-refractivity contribution in [3.8, 4) is 0 Å². The van der Waals surface area contributed by atoms with Crippen LogP contribution >= 0.6 is 0 Å². The highest BCUT2D eigenvalue weighted by Gasteiger charge is 2.00. The summed E-state index contributed by atoms with van der Waals surface area (Å²) < 4.78 is 13.5. The number of aryl methyl sites for hydroxylation is 1. The summed E-state index contributed by atoms with van der Waals surface area (Å²) in [5.41, 5.74) is 0.463. The fourth-order valence-electron chi connectivity index (χ4n) is 0.379. The molecule has 1 rings (SSSR count). The zero-order chi connectivity index (χ0) is 6.15. The first-order valence-electron chi connectivity index (χ1n) is 2.23. The molecule has 0 atom stereocenters. The predicted molar refractivity (Wildman–Crippen MR) is 25.7 cm³/mol. The lowest BCUT2D eigenvalue weighted by Crippen LogP contribution is -1.92. The van der Waals surface area contributed by atoms with Gasteiger partial charge < -0.3 is 0 Å². The van der Waals surface area contributed by atoms with Gasteiger partial charge >= 0.3 is 0 Å². The Bertz CT molecular complexity index is 174. The Morgan fingerprint density at radius 3 is 2.38 bits per heavy atom. The maximum absolute atomic E-state index is 12.1. The van der Waals surface area contributed by atoms with Crippen LogP contribution in [0, 0.1) is 12.9 Å². The number of nitrogens with zero attached hydrogens (tertiary/aromatic N) is 3. The van der Waals surface area contributed by atoms with E-state index < -0.39 is 5.95 Å². The largest absolute Gasteiger partial charge is 0.255 e. The van der Waals surface area contributed by atoms with Gasteiger partial charge in [-0.3, -0.25) is 0 Å². The minimum absolute atomic E-state index is 0.463. The van der Waals surface area contributed by atoms with Crippen molar-refractivity contribution in [2.24, 2.45) is 7.05 Å². The van der Waals surface area contributed by atoms with Crippen LogP contribution in [0.3, 0.4) is 0 Å². The zero-order valence-corrected chi connectivity index (χ0v) is 4.72. The van der Waals surface area contributed by atoms with Crippen molar-refractivity contribution in [2.75, 3.05) is 0 Å². The lowest BCUT2D eigenvalue weighted by atomic mass is 10.5. The van der Waals surface area contributed by atoms with E-state index in [-0.39, 0.29) is 0 Å². The summed E-state index contributed by atoms with van der Waals surface area (Å²) >= 11 is 0. The number of aromatic nitrogens is 3. The normalized spacial score (nSPS) is 9.88. The number of hydrogen-bond acceptors (Lipinski definition) is 2. The molecule has 0 fully saturated rings. The molecule has 0 amide bonds. The topological polar surface area (TPSA) is 30.7 Å². The lowest BCUT2D eigenvalue weighted by Gasteiger charge is -1.85. The van der Waals surface area contributed by atoms with Gasteiger partial charge in [0.25, 0.3) is 5.95 Å². The van der Waals surface area contributed by atoms with Crippen molar-refractivity contribution < 1.29 is 4.39 Å². The number of halogens is 1. The third-order valence-electron chi connectivity index (χ3n) is 1.05. The first kappa shape index (κ1) is 5.21. The molecule has 1 aromatic rings. The molecule has 0 saturated carbocycles. The fourth-order valence-corrected chi connectivity index (χ4v) is 0.379. The van der Waals surface area contributed by atoms with E-state index in [1.54, 1.807) is 14.0 Å². The average molecular weight is 115 g/mol. The van der Waals surface area contributed by atoms with Gasteiger partial charge in [0, 0.05) is 7.05 Å². The van der Waals surface area contributed by atoms with Crippen molar-refractivity contribution >= 4 is 0 Å². The minimum atomic E-state index is -0.493. The highest BCUT2D eigenvalue weighted by Crippen LogP contribution is 1.95. The Morgan fingerprint density at radius 1 is 1.62 bits per heavy atom. The van der Waals surface area contributed by atoms with Crippen LogP contribution in [0.5, 0.6) is 0 Å². The van der Waals surface area contributed by atoms with E-state index in [9.17, 15) is 4.39 Å². The van der Waals surface area contributed by atoms with Gasteiger partial charge in [0.2, 0.25) is 0 Å². The van der Waals surface area contributed by atoms with Gasteiger partial charge in [-0.25, -0.2) is 4.68 Å². The van der Waals surface area contributed by atoms with Gasteiger partial charge in [-0.1, -0.05) is 10.3 Å². The van der Waals surface area contributed by atoms with Gasteiger partial charge in [0.1, 0.15) is 0 Å². The molecule has 0 saturated heterocycles. The summed E-state index contributed by atoms with van der Waals surface area (Å²) in [5, 5.41) is 6.57. The molecule has 0 aliphatic heterocycles. The molecule has 0 N–H and O–H groups in total. The Kier molecular flexibility index (Phi) is 1.00. The van der Waals surface area contributed by atoms with Gasteiger partial charge in [0.05, 0.1) is 5.69 Å². The molecule has 0 radical (unpaired) electrons. The Hall–Kier alpha value is -0.930. The van der Waals surface area contributed by atoms with E-state index in [0.717, 1.165) is 0 Å². The fraction of sp³-hybridized carbons (Fsp3) is 0.500. The van der Waals surface area contributed by atoms with Crippen LogP contribution in [0.25, 0.3) is 0 Å². The molecule has 0 aliphatic carbocycles. The molecule has 0 aromatic carbocycles.